The Hall–Kier alpha value is -1.94. The molecule has 0 aliphatic heterocycles. The van der Waals surface area contributed by atoms with Crippen molar-refractivity contribution < 1.29 is 14.3 Å². The molecule has 1 rings (SSSR count). The molecule has 4 nitrogen and oxygen atoms in total. The Bertz CT molecular complexity index is 608. The lowest BCUT2D eigenvalue weighted by Crippen LogP contribution is -2.08. The van der Waals surface area contributed by atoms with Crippen molar-refractivity contribution in [3.8, 4) is 5.75 Å². The van der Waals surface area contributed by atoms with Gasteiger partial charge >= 0.3 is 5.97 Å². The molecule has 0 aromatic heterocycles. The second-order valence-electron chi connectivity index (χ2n) is 5.22. The highest BCUT2D eigenvalue weighted by Crippen LogP contribution is 2.26. The van der Waals surface area contributed by atoms with Crippen molar-refractivity contribution in [2.75, 3.05) is 20.8 Å². The Kier molecular flexibility index (Phi) is 7.69. The first-order valence-electron chi connectivity index (χ1n) is 7.44. The van der Waals surface area contributed by atoms with E-state index in [1.54, 1.807) is 18.2 Å². The maximum atomic E-state index is 11.5. The van der Waals surface area contributed by atoms with Crippen LogP contribution in [0.3, 0.4) is 0 Å². The van der Waals surface area contributed by atoms with Crippen molar-refractivity contribution in [2.24, 2.45) is 0 Å². The van der Waals surface area contributed by atoms with Crippen LogP contribution in [0.1, 0.15) is 37.0 Å². The van der Waals surface area contributed by atoms with Crippen molar-refractivity contribution in [2.45, 2.75) is 26.7 Å². The van der Waals surface area contributed by atoms with Crippen LogP contribution < -0.4 is 10.1 Å². The highest BCUT2D eigenvalue weighted by Gasteiger charge is 2.10. The van der Waals surface area contributed by atoms with Crippen LogP contribution in [0.4, 0.5) is 0 Å². The fourth-order valence-electron chi connectivity index (χ4n) is 2.16. The Morgan fingerprint density at radius 3 is 2.61 bits per heavy atom. The third-order valence-corrected chi connectivity index (χ3v) is 3.84. The number of carbonyl (C=O) groups is 1. The zero-order valence-electron chi connectivity index (χ0n) is 14.2. The number of halogens is 1. The number of hydrogen-bond acceptors (Lipinski definition) is 4. The Morgan fingerprint density at radius 1 is 1.35 bits per heavy atom. The SMILES string of the molecule is C=C(C)/C(CCCOc1cc(C(=O)OC)ccc1Cl)=C(/C)NC. The molecule has 23 heavy (non-hydrogen) atoms. The van der Waals surface area contributed by atoms with Gasteiger partial charge in [-0.05, 0) is 50.5 Å². The first kappa shape index (κ1) is 19.1. The summed E-state index contributed by atoms with van der Waals surface area (Å²) >= 11 is 6.10. The summed E-state index contributed by atoms with van der Waals surface area (Å²) in [6.07, 6.45) is 1.68. The van der Waals surface area contributed by atoms with Crippen molar-refractivity contribution in [3.63, 3.8) is 0 Å². The van der Waals surface area contributed by atoms with E-state index in [-0.39, 0.29) is 0 Å². The zero-order chi connectivity index (χ0) is 17.4. The van der Waals surface area contributed by atoms with Crippen LogP contribution in [0, 0.1) is 0 Å². The second-order valence-corrected chi connectivity index (χ2v) is 5.63. The number of carbonyl (C=O) groups excluding carboxylic acids is 1. The molecule has 0 aliphatic carbocycles. The van der Waals surface area contributed by atoms with Gasteiger partial charge < -0.3 is 14.8 Å². The highest BCUT2D eigenvalue weighted by molar-refractivity contribution is 6.32. The second kappa shape index (κ2) is 9.26. The fraction of sp³-hybridized carbons (Fsp3) is 0.389. The molecule has 5 heteroatoms. The average molecular weight is 338 g/mol. The van der Waals surface area contributed by atoms with Crippen LogP contribution in [0.25, 0.3) is 0 Å². The number of nitrogens with one attached hydrogen (secondary N) is 1. The summed E-state index contributed by atoms with van der Waals surface area (Å²) in [6.45, 7) is 8.53. The molecule has 0 bridgehead atoms. The average Bonchev–Trinajstić information content (AvgIpc) is 2.54. The molecular weight excluding hydrogens is 314 g/mol. The summed E-state index contributed by atoms with van der Waals surface area (Å²) < 4.78 is 10.4. The van der Waals surface area contributed by atoms with Gasteiger partial charge in [-0.25, -0.2) is 4.79 Å². The maximum absolute atomic E-state index is 11.5. The van der Waals surface area contributed by atoms with E-state index in [2.05, 4.69) is 11.9 Å². The summed E-state index contributed by atoms with van der Waals surface area (Å²) in [6, 6.07) is 4.84. The van der Waals surface area contributed by atoms with Crippen LogP contribution in [0.2, 0.25) is 5.02 Å². The van der Waals surface area contributed by atoms with Crippen molar-refractivity contribution in [1.82, 2.24) is 5.32 Å². The number of rotatable bonds is 8. The quantitative estimate of drug-likeness (QED) is 0.435. The topological polar surface area (TPSA) is 47.6 Å². The molecular formula is C18H24ClNO3. The first-order chi connectivity index (χ1) is 10.9. The van der Waals surface area contributed by atoms with E-state index in [9.17, 15) is 4.79 Å². The van der Waals surface area contributed by atoms with E-state index in [0.717, 1.165) is 24.1 Å². The minimum absolute atomic E-state index is 0.413. The summed E-state index contributed by atoms with van der Waals surface area (Å²) in [5.41, 5.74) is 3.77. The van der Waals surface area contributed by atoms with E-state index < -0.39 is 5.97 Å². The van der Waals surface area contributed by atoms with Gasteiger partial charge in [-0.15, -0.1) is 0 Å². The minimum atomic E-state index is -0.413. The van der Waals surface area contributed by atoms with Gasteiger partial charge in [0.15, 0.2) is 0 Å². The molecule has 1 N–H and O–H groups in total. The number of esters is 1. The third-order valence-electron chi connectivity index (χ3n) is 3.52. The summed E-state index contributed by atoms with van der Waals surface area (Å²) in [5.74, 6) is 0.0735. The van der Waals surface area contributed by atoms with E-state index in [4.69, 9.17) is 21.1 Å². The standard InChI is InChI=1S/C18H24ClNO3/c1-12(2)15(13(3)20-4)7-6-10-23-17-11-14(18(21)22-5)8-9-16(17)19/h8-9,11,20H,1,6-7,10H2,2-5H3/b15-13-. The smallest absolute Gasteiger partial charge is 0.337 e. The fourth-order valence-corrected chi connectivity index (χ4v) is 2.33. The first-order valence-corrected chi connectivity index (χ1v) is 7.82. The van der Waals surface area contributed by atoms with E-state index in [1.165, 1.54) is 12.7 Å². The molecule has 126 valence electrons. The molecule has 1 aromatic rings. The highest BCUT2D eigenvalue weighted by atomic mass is 35.5. The molecule has 0 saturated heterocycles. The van der Waals surface area contributed by atoms with Crippen molar-refractivity contribution in [1.29, 1.82) is 0 Å². The molecule has 0 atom stereocenters. The van der Waals surface area contributed by atoms with E-state index >= 15 is 0 Å². The maximum Gasteiger partial charge on any atom is 0.337 e. The van der Waals surface area contributed by atoms with Gasteiger partial charge in [0.25, 0.3) is 0 Å². The number of allylic oxidation sites excluding steroid dienone is 3. The van der Waals surface area contributed by atoms with Crippen LogP contribution >= 0.6 is 11.6 Å². The van der Waals surface area contributed by atoms with Crippen LogP contribution in [0.15, 0.2) is 41.6 Å². The van der Waals surface area contributed by atoms with E-state index in [0.29, 0.717) is 22.9 Å². The van der Waals surface area contributed by atoms with Gasteiger partial charge in [-0.2, -0.15) is 0 Å². The Balaban J connectivity index is 2.66. The van der Waals surface area contributed by atoms with Crippen molar-refractivity contribution in [3.05, 3.63) is 52.2 Å². The summed E-state index contributed by atoms with van der Waals surface area (Å²) in [7, 11) is 3.24. The number of benzene rings is 1. The number of hydrogen-bond donors (Lipinski definition) is 1. The van der Waals surface area contributed by atoms with Gasteiger partial charge in [0.05, 0.1) is 24.3 Å². The van der Waals surface area contributed by atoms with Gasteiger partial charge in [0, 0.05) is 12.7 Å². The summed E-state index contributed by atoms with van der Waals surface area (Å²) in [4.78, 5) is 11.5. The van der Waals surface area contributed by atoms with Gasteiger partial charge in [-0.1, -0.05) is 23.8 Å². The van der Waals surface area contributed by atoms with Crippen LogP contribution in [0.5, 0.6) is 5.75 Å². The largest absolute Gasteiger partial charge is 0.492 e. The molecule has 0 unspecified atom stereocenters. The van der Waals surface area contributed by atoms with Crippen LogP contribution in [-0.2, 0) is 4.74 Å². The zero-order valence-corrected chi connectivity index (χ0v) is 14.9. The molecule has 0 saturated carbocycles. The van der Waals surface area contributed by atoms with Gasteiger partial charge in [0.1, 0.15) is 5.75 Å². The predicted octanol–water partition coefficient (Wildman–Crippen LogP) is 4.36. The molecule has 0 aliphatic rings. The minimum Gasteiger partial charge on any atom is -0.492 e. The lowest BCUT2D eigenvalue weighted by Gasteiger charge is -2.13. The van der Waals surface area contributed by atoms with E-state index in [1.807, 2.05) is 20.9 Å². The molecule has 0 heterocycles. The number of methoxy groups -OCH3 is 1. The summed E-state index contributed by atoms with van der Waals surface area (Å²) in [5, 5.41) is 3.62. The van der Waals surface area contributed by atoms with Crippen molar-refractivity contribution >= 4 is 17.6 Å². The molecule has 0 radical (unpaired) electrons. The molecule has 0 amide bonds. The van der Waals surface area contributed by atoms with Gasteiger partial charge in [-0.3, -0.25) is 0 Å². The molecule has 0 spiro atoms. The Morgan fingerprint density at radius 2 is 2.04 bits per heavy atom. The predicted molar refractivity (Wildman–Crippen MR) is 94.1 cm³/mol. The van der Waals surface area contributed by atoms with Gasteiger partial charge in [0.2, 0.25) is 0 Å². The normalized spacial score (nSPS) is 11.5. The lowest BCUT2D eigenvalue weighted by molar-refractivity contribution is 0.0600. The lowest BCUT2D eigenvalue weighted by atomic mass is 10.0. The third kappa shape index (κ3) is 5.64. The molecule has 1 aromatic carbocycles. The molecule has 0 fully saturated rings. The number of ether oxygens (including phenoxy) is 2. The Labute approximate surface area is 143 Å². The van der Waals surface area contributed by atoms with Crippen LogP contribution in [-0.4, -0.2) is 26.7 Å². The monoisotopic (exact) mass is 337 g/mol.